The van der Waals surface area contributed by atoms with Crippen molar-refractivity contribution in [3.63, 3.8) is 0 Å². The Balaban J connectivity index is 2.64. The summed E-state index contributed by atoms with van der Waals surface area (Å²) in [7, 11) is 0. The predicted molar refractivity (Wildman–Crippen MR) is 68.5 cm³/mol. The zero-order valence-corrected chi connectivity index (χ0v) is 10.3. The minimum Gasteiger partial charge on any atom is -0.494 e. The Bertz CT molecular complexity index is 449. The maximum Gasteiger partial charge on any atom is 0.376 e. The van der Waals surface area contributed by atoms with E-state index in [0.717, 1.165) is 24.5 Å². The normalized spacial score (nSPS) is 10.5. The quantitative estimate of drug-likeness (QED) is 0.457. The van der Waals surface area contributed by atoms with Crippen molar-refractivity contribution in [2.24, 2.45) is 0 Å². The van der Waals surface area contributed by atoms with Crippen molar-refractivity contribution in [1.29, 1.82) is 0 Å². The number of carboxylic acids is 1. The van der Waals surface area contributed by atoms with Crippen molar-refractivity contribution < 1.29 is 19.4 Å². The molecule has 0 radical (unpaired) electrons. The van der Waals surface area contributed by atoms with Gasteiger partial charge < -0.3 is 9.84 Å². The molecule has 0 bridgehead atoms. The Labute approximate surface area is 106 Å². The highest BCUT2D eigenvalue weighted by Crippen LogP contribution is 2.14. The van der Waals surface area contributed by atoms with E-state index < -0.39 is 11.8 Å². The SMILES string of the molecule is CCCCOc1cccc(/C=C/C(=O)C(=O)O)c1. The van der Waals surface area contributed by atoms with Gasteiger partial charge in [-0.15, -0.1) is 0 Å². The van der Waals surface area contributed by atoms with Gasteiger partial charge in [0, 0.05) is 0 Å². The van der Waals surface area contributed by atoms with E-state index in [1.165, 1.54) is 6.08 Å². The summed E-state index contributed by atoms with van der Waals surface area (Å²) in [5, 5.41) is 8.43. The van der Waals surface area contributed by atoms with Crippen LogP contribution in [0.3, 0.4) is 0 Å². The van der Waals surface area contributed by atoms with E-state index >= 15 is 0 Å². The van der Waals surface area contributed by atoms with Gasteiger partial charge in [-0.25, -0.2) is 4.79 Å². The molecule has 0 aromatic heterocycles. The zero-order chi connectivity index (χ0) is 13.4. The average molecular weight is 248 g/mol. The van der Waals surface area contributed by atoms with Crippen LogP contribution in [0.4, 0.5) is 0 Å². The van der Waals surface area contributed by atoms with E-state index in [0.29, 0.717) is 12.4 Å². The number of carboxylic acid groups (broad SMARTS) is 1. The van der Waals surface area contributed by atoms with Crippen LogP contribution in [0.2, 0.25) is 0 Å². The smallest absolute Gasteiger partial charge is 0.376 e. The number of carbonyl (C=O) groups excluding carboxylic acids is 1. The van der Waals surface area contributed by atoms with E-state index in [1.54, 1.807) is 18.2 Å². The molecular formula is C14H16O4. The van der Waals surface area contributed by atoms with Crippen LogP contribution < -0.4 is 4.74 Å². The Morgan fingerprint density at radius 3 is 2.83 bits per heavy atom. The molecule has 0 spiro atoms. The molecule has 1 aromatic carbocycles. The first-order valence-electron chi connectivity index (χ1n) is 5.81. The number of aliphatic carboxylic acids is 1. The van der Waals surface area contributed by atoms with Crippen LogP contribution in [0.15, 0.2) is 30.3 Å². The average Bonchev–Trinajstić information content (AvgIpc) is 2.36. The summed E-state index contributed by atoms with van der Waals surface area (Å²) < 4.78 is 5.51. The number of benzene rings is 1. The second-order valence-corrected chi connectivity index (χ2v) is 3.78. The lowest BCUT2D eigenvalue weighted by molar-refractivity contribution is -0.146. The van der Waals surface area contributed by atoms with Crippen molar-refractivity contribution in [2.75, 3.05) is 6.61 Å². The highest BCUT2D eigenvalue weighted by molar-refractivity contribution is 6.38. The van der Waals surface area contributed by atoms with Gasteiger partial charge in [-0.1, -0.05) is 31.6 Å². The number of carbonyl (C=O) groups is 2. The first-order chi connectivity index (χ1) is 8.63. The van der Waals surface area contributed by atoms with E-state index in [1.807, 2.05) is 6.07 Å². The molecule has 0 saturated heterocycles. The van der Waals surface area contributed by atoms with E-state index in [9.17, 15) is 9.59 Å². The molecule has 1 rings (SSSR count). The van der Waals surface area contributed by atoms with Crippen molar-refractivity contribution in [1.82, 2.24) is 0 Å². The van der Waals surface area contributed by atoms with Crippen molar-refractivity contribution in [3.8, 4) is 5.75 Å². The molecule has 4 nitrogen and oxygen atoms in total. The van der Waals surface area contributed by atoms with Crippen molar-refractivity contribution >= 4 is 17.8 Å². The van der Waals surface area contributed by atoms with Gasteiger partial charge >= 0.3 is 5.97 Å². The van der Waals surface area contributed by atoms with Crippen LogP contribution >= 0.6 is 0 Å². The lowest BCUT2D eigenvalue weighted by Gasteiger charge is -2.05. The van der Waals surface area contributed by atoms with Crippen LogP contribution in [0.25, 0.3) is 6.08 Å². The summed E-state index contributed by atoms with van der Waals surface area (Å²) in [6.45, 7) is 2.73. The minimum absolute atomic E-state index is 0.651. The molecule has 1 N–H and O–H groups in total. The van der Waals surface area contributed by atoms with Gasteiger partial charge in [0.05, 0.1) is 6.61 Å². The maximum atomic E-state index is 10.9. The third kappa shape index (κ3) is 4.82. The summed E-state index contributed by atoms with van der Waals surface area (Å²) in [6.07, 6.45) is 4.54. The first kappa shape index (κ1) is 14.0. The number of rotatable bonds is 7. The second-order valence-electron chi connectivity index (χ2n) is 3.78. The fourth-order valence-corrected chi connectivity index (χ4v) is 1.29. The molecule has 0 heterocycles. The molecule has 1 aromatic rings. The lowest BCUT2D eigenvalue weighted by atomic mass is 10.2. The third-order valence-corrected chi connectivity index (χ3v) is 2.26. The Morgan fingerprint density at radius 2 is 2.17 bits per heavy atom. The van der Waals surface area contributed by atoms with Gasteiger partial charge in [0.2, 0.25) is 0 Å². The molecule has 0 fully saturated rings. The van der Waals surface area contributed by atoms with Gasteiger partial charge in [-0.2, -0.15) is 0 Å². The fourth-order valence-electron chi connectivity index (χ4n) is 1.29. The maximum absolute atomic E-state index is 10.9. The molecule has 96 valence electrons. The number of ketones is 1. The number of unbranched alkanes of at least 4 members (excludes halogenated alkanes) is 1. The number of hydrogen-bond donors (Lipinski definition) is 1. The fraction of sp³-hybridized carbons (Fsp3) is 0.286. The molecule has 0 aliphatic carbocycles. The molecule has 4 heteroatoms. The van der Waals surface area contributed by atoms with E-state index in [4.69, 9.17) is 9.84 Å². The van der Waals surface area contributed by atoms with Crippen LogP contribution in [-0.2, 0) is 9.59 Å². The topological polar surface area (TPSA) is 63.6 Å². The minimum atomic E-state index is -1.46. The van der Waals surface area contributed by atoms with Crippen molar-refractivity contribution in [3.05, 3.63) is 35.9 Å². The monoisotopic (exact) mass is 248 g/mol. The molecular weight excluding hydrogens is 232 g/mol. The largest absolute Gasteiger partial charge is 0.494 e. The molecule has 0 aliphatic rings. The number of ether oxygens (including phenoxy) is 1. The van der Waals surface area contributed by atoms with Crippen LogP contribution in [0.5, 0.6) is 5.75 Å². The van der Waals surface area contributed by atoms with Gasteiger partial charge in [-0.05, 0) is 30.2 Å². The van der Waals surface area contributed by atoms with Gasteiger partial charge in [0.25, 0.3) is 5.78 Å². The lowest BCUT2D eigenvalue weighted by Crippen LogP contribution is -2.08. The van der Waals surface area contributed by atoms with Gasteiger partial charge in [0.15, 0.2) is 0 Å². The zero-order valence-electron chi connectivity index (χ0n) is 10.3. The summed E-state index contributed by atoms with van der Waals surface area (Å²) >= 11 is 0. The van der Waals surface area contributed by atoms with Gasteiger partial charge in [0.1, 0.15) is 5.75 Å². The molecule has 0 aliphatic heterocycles. The molecule has 0 saturated carbocycles. The summed E-state index contributed by atoms with van der Waals surface area (Å²) in [5.41, 5.74) is 0.735. The highest BCUT2D eigenvalue weighted by atomic mass is 16.5. The third-order valence-electron chi connectivity index (χ3n) is 2.26. The standard InChI is InChI=1S/C14H16O4/c1-2-3-9-18-12-6-4-5-11(10-12)7-8-13(15)14(16)17/h4-8,10H,2-3,9H2,1H3,(H,16,17)/b8-7+. The molecule has 0 unspecified atom stereocenters. The first-order valence-corrected chi connectivity index (χ1v) is 5.81. The van der Waals surface area contributed by atoms with Crippen LogP contribution in [0.1, 0.15) is 25.3 Å². The van der Waals surface area contributed by atoms with Crippen molar-refractivity contribution in [2.45, 2.75) is 19.8 Å². The van der Waals surface area contributed by atoms with Crippen LogP contribution in [-0.4, -0.2) is 23.5 Å². The Morgan fingerprint density at radius 1 is 1.39 bits per heavy atom. The predicted octanol–water partition coefficient (Wildman–Crippen LogP) is 2.53. The molecule has 18 heavy (non-hydrogen) atoms. The van der Waals surface area contributed by atoms with Gasteiger partial charge in [-0.3, -0.25) is 4.79 Å². The van der Waals surface area contributed by atoms with E-state index in [2.05, 4.69) is 6.92 Å². The van der Waals surface area contributed by atoms with E-state index in [-0.39, 0.29) is 0 Å². The molecule has 0 amide bonds. The summed E-state index contributed by atoms with van der Waals surface area (Å²) in [4.78, 5) is 21.2. The Hall–Kier alpha value is -2.10. The highest BCUT2D eigenvalue weighted by Gasteiger charge is 2.05. The van der Waals surface area contributed by atoms with Crippen LogP contribution in [0, 0.1) is 0 Å². The summed E-state index contributed by atoms with van der Waals surface area (Å²) in [5.74, 6) is -1.68. The summed E-state index contributed by atoms with van der Waals surface area (Å²) in [6, 6.07) is 7.16. The Kier molecular flexibility index (Phi) is 5.64. The number of hydrogen-bond acceptors (Lipinski definition) is 3. The molecule has 0 atom stereocenters. The second kappa shape index (κ2) is 7.27.